The summed E-state index contributed by atoms with van der Waals surface area (Å²) in [7, 11) is 0. The summed E-state index contributed by atoms with van der Waals surface area (Å²) in [5.74, 6) is -1.12. The van der Waals surface area contributed by atoms with Crippen LogP contribution in [0.1, 0.15) is 20.3 Å². The summed E-state index contributed by atoms with van der Waals surface area (Å²) in [4.78, 5) is 0. The molecule has 2 heteroatoms. The Morgan fingerprint density at radius 3 is 2.45 bits per heavy atom. The molecule has 1 nitrogen and oxygen atoms in total. The third-order valence-electron chi connectivity index (χ3n) is 1.28. The van der Waals surface area contributed by atoms with Crippen LogP contribution in [-0.2, 0) is 0 Å². The van der Waals surface area contributed by atoms with Crippen molar-refractivity contribution >= 4 is 0 Å². The van der Waals surface area contributed by atoms with Crippen LogP contribution in [0, 0.1) is 0 Å². The van der Waals surface area contributed by atoms with Gasteiger partial charge in [0.2, 0.25) is 0 Å². The third-order valence-corrected chi connectivity index (χ3v) is 1.28. The van der Waals surface area contributed by atoms with Gasteiger partial charge < -0.3 is 5.11 Å². The van der Waals surface area contributed by atoms with Crippen molar-refractivity contribution in [1.82, 2.24) is 0 Å². The van der Waals surface area contributed by atoms with Crippen molar-refractivity contribution in [3.05, 3.63) is 35.9 Å². The van der Waals surface area contributed by atoms with E-state index in [0.717, 1.165) is 0 Å². The highest BCUT2D eigenvalue weighted by atomic mass is 19.1. The molecular formula is C9H13FO. The predicted molar refractivity (Wildman–Crippen MR) is 45.0 cm³/mol. The van der Waals surface area contributed by atoms with Crippen LogP contribution in [0.2, 0.25) is 0 Å². The minimum atomic E-state index is -0.620. The summed E-state index contributed by atoms with van der Waals surface area (Å²) < 4.78 is 12.9. The average molecular weight is 156 g/mol. The molecule has 0 spiro atoms. The monoisotopic (exact) mass is 156 g/mol. The molecule has 1 N–H and O–H groups in total. The van der Waals surface area contributed by atoms with E-state index in [1.807, 2.05) is 6.92 Å². The van der Waals surface area contributed by atoms with Crippen molar-refractivity contribution in [2.24, 2.45) is 0 Å². The molecule has 0 bridgehead atoms. The second-order valence-electron chi connectivity index (χ2n) is 2.14. The van der Waals surface area contributed by atoms with Gasteiger partial charge >= 0.3 is 0 Å². The van der Waals surface area contributed by atoms with E-state index in [9.17, 15) is 4.39 Å². The largest absolute Gasteiger partial charge is 0.505 e. The Morgan fingerprint density at radius 2 is 2.18 bits per heavy atom. The highest BCUT2D eigenvalue weighted by Gasteiger charge is 2.03. The molecule has 62 valence electrons. The number of aliphatic hydroxyl groups excluding tert-OH is 1. The van der Waals surface area contributed by atoms with Crippen LogP contribution in [0.15, 0.2) is 35.9 Å². The molecular weight excluding hydrogens is 143 g/mol. The van der Waals surface area contributed by atoms with Gasteiger partial charge in [-0.05, 0) is 18.9 Å². The summed E-state index contributed by atoms with van der Waals surface area (Å²) in [6, 6.07) is 0. The van der Waals surface area contributed by atoms with Gasteiger partial charge in [-0.3, -0.25) is 0 Å². The lowest BCUT2D eigenvalue weighted by Crippen LogP contribution is -1.85. The molecule has 0 radical (unpaired) electrons. The standard InChI is InChI=1S/C9H13FO/c1-4-6-8(5-2)9(10)7(3)11/h4,6,11H,3,5H2,1-2H3/b6-4-,9-8+. The van der Waals surface area contributed by atoms with Gasteiger partial charge in [-0.25, -0.2) is 4.39 Å². The van der Waals surface area contributed by atoms with E-state index >= 15 is 0 Å². The maximum atomic E-state index is 12.9. The molecule has 0 amide bonds. The normalized spacial score (nSPS) is 13.4. The highest BCUT2D eigenvalue weighted by molar-refractivity contribution is 5.30. The van der Waals surface area contributed by atoms with E-state index in [1.165, 1.54) is 0 Å². The van der Waals surface area contributed by atoms with Crippen molar-refractivity contribution in [3.63, 3.8) is 0 Å². The summed E-state index contributed by atoms with van der Waals surface area (Å²) in [6.45, 7) is 6.71. The molecule has 0 unspecified atom stereocenters. The minimum absolute atomic E-state index is 0.472. The van der Waals surface area contributed by atoms with E-state index in [1.54, 1.807) is 19.1 Å². The van der Waals surface area contributed by atoms with Gasteiger partial charge in [0.1, 0.15) is 5.76 Å². The van der Waals surface area contributed by atoms with Crippen LogP contribution >= 0.6 is 0 Å². The zero-order valence-electron chi connectivity index (χ0n) is 6.89. The average Bonchev–Trinajstić information content (AvgIpc) is 1.98. The lowest BCUT2D eigenvalue weighted by Gasteiger charge is -1.99. The first-order valence-corrected chi connectivity index (χ1v) is 3.53. The number of aliphatic hydroxyl groups is 1. The first-order chi connectivity index (χ1) is 5.13. The number of rotatable bonds is 3. The first kappa shape index (κ1) is 9.95. The minimum Gasteiger partial charge on any atom is -0.505 e. The predicted octanol–water partition coefficient (Wildman–Crippen LogP) is 3.27. The summed E-state index contributed by atoms with van der Waals surface area (Å²) in [5, 5.41) is 8.69. The van der Waals surface area contributed by atoms with Gasteiger partial charge in [0.25, 0.3) is 0 Å². The molecule has 0 aromatic heterocycles. The SMILES string of the molecule is C=C(O)/C(F)=C(\C=C/C)CC. The molecule has 0 aromatic rings. The maximum absolute atomic E-state index is 12.9. The molecule has 0 aliphatic heterocycles. The molecule has 0 aromatic carbocycles. The van der Waals surface area contributed by atoms with Crippen molar-refractivity contribution < 1.29 is 9.50 Å². The van der Waals surface area contributed by atoms with E-state index in [0.29, 0.717) is 12.0 Å². The molecule has 0 aliphatic carbocycles. The van der Waals surface area contributed by atoms with Crippen LogP contribution in [-0.4, -0.2) is 5.11 Å². The van der Waals surface area contributed by atoms with Crippen LogP contribution in [0.3, 0.4) is 0 Å². The lowest BCUT2D eigenvalue weighted by molar-refractivity contribution is 0.389. The third kappa shape index (κ3) is 3.03. The maximum Gasteiger partial charge on any atom is 0.167 e. The van der Waals surface area contributed by atoms with Crippen LogP contribution < -0.4 is 0 Å². The van der Waals surface area contributed by atoms with Crippen molar-refractivity contribution in [2.45, 2.75) is 20.3 Å². The molecule has 0 saturated heterocycles. The zero-order valence-corrected chi connectivity index (χ0v) is 6.89. The summed E-state index contributed by atoms with van der Waals surface area (Å²) >= 11 is 0. The van der Waals surface area contributed by atoms with Gasteiger partial charge in [0, 0.05) is 0 Å². The van der Waals surface area contributed by atoms with Crippen molar-refractivity contribution in [1.29, 1.82) is 0 Å². The number of halogens is 1. The summed E-state index contributed by atoms with van der Waals surface area (Å²) in [5.41, 5.74) is 0.472. The van der Waals surface area contributed by atoms with Crippen molar-refractivity contribution in [3.8, 4) is 0 Å². The molecule has 0 fully saturated rings. The summed E-state index contributed by atoms with van der Waals surface area (Å²) in [6.07, 6.45) is 3.90. The molecule has 0 heterocycles. The first-order valence-electron chi connectivity index (χ1n) is 3.53. The van der Waals surface area contributed by atoms with E-state index in [2.05, 4.69) is 6.58 Å². The van der Waals surface area contributed by atoms with E-state index < -0.39 is 11.6 Å². The van der Waals surface area contributed by atoms with Crippen LogP contribution in [0.5, 0.6) is 0 Å². The Kier molecular flexibility index (Phi) is 4.27. The van der Waals surface area contributed by atoms with Gasteiger partial charge in [-0.2, -0.15) is 0 Å². The van der Waals surface area contributed by atoms with Gasteiger partial charge in [0.05, 0.1) is 0 Å². The van der Waals surface area contributed by atoms with E-state index in [4.69, 9.17) is 5.11 Å². The second-order valence-corrected chi connectivity index (χ2v) is 2.14. The molecule has 0 rings (SSSR count). The fraction of sp³-hybridized carbons (Fsp3) is 0.333. The second kappa shape index (κ2) is 4.72. The smallest absolute Gasteiger partial charge is 0.167 e. The fourth-order valence-corrected chi connectivity index (χ4v) is 0.733. The Labute approximate surface area is 66.5 Å². The highest BCUT2D eigenvalue weighted by Crippen LogP contribution is 2.16. The molecule has 0 aliphatic rings. The molecule has 0 atom stereocenters. The molecule has 11 heavy (non-hydrogen) atoms. The topological polar surface area (TPSA) is 20.2 Å². The number of hydrogen-bond donors (Lipinski definition) is 1. The molecule has 0 saturated carbocycles. The van der Waals surface area contributed by atoms with Crippen LogP contribution in [0.4, 0.5) is 4.39 Å². The Bertz CT molecular complexity index is 202. The van der Waals surface area contributed by atoms with Gasteiger partial charge in [-0.15, -0.1) is 0 Å². The van der Waals surface area contributed by atoms with Gasteiger partial charge in [0.15, 0.2) is 5.83 Å². The Hall–Kier alpha value is -1.05. The fourth-order valence-electron chi connectivity index (χ4n) is 0.733. The van der Waals surface area contributed by atoms with Crippen LogP contribution in [0.25, 0.3) is 0 Å². The quantitative estimate of drug-likeness (QED) is 0.491. The number of hydrogen-bond acceptors (Lipinski definition) is 1. The lowest BCUT2D eigenvalue weighted by atomic mass is 10.1. The Balaban J connectivity index is 4.67. The zero-order chi connectivity index (χ0) is 8.85. The van der Waals surface area contributed by atoms with E-state index in [-0.39, 0.29) is 0 Å². The number of allylic oxidation sites excluding steroid dienone is 4. The Morgan fingerprint density at radius 1 is 1.64 bits per heavy atom. The van der Waals surface area contributed by atoms with Crippen molar-refractivity contribution in [2.75, 3.05) is 0 Å². The van der Waals surface area contributed by atoms with Gasteiger partial charge in [-0.1, -0.05) is 25.7 Å².